The lowest BCUT2D eigenvalue weighted by Gasteiger charge is -2.31. The van der Waals surface area contributed by atoms with Crippen LogP contribution in [0.15, 0.2) is 48.7 Å². The quantitative estimate of drug-likeness (QED) is 0.592. The molecule has 0 saturated carbocycles. The van der Waals surface area contributed by atoms with Crippen LogP contribution in [0.5, 0.6) is 5.75 Å². The van der Waals surface area contributed by atoms with Crippen LogP contribution in [-0.2, 0) is 11.3 Å². The van der Waals surface area contributed by atoms with Gasteiger partial charge in [0.25, 0.3) is 0 Å². The van der Waals surface area contributed by atoms with Crippen molar-refractivity contribution >= 4 is 18.3 Å². The van der Waals surface area contributed by atoms with E-state index >= 15 is 0 Å². The van der Waals surface area contributed by atoms with Crippen molar-refractivity contribution in [3.8, 4) is 5.75 Å². The van der Waals surface area contributed by atoms with Crippen molar-refractivity contribution in [2.75, 3.05) is 19.7 Å². The molecule has 1 aromatic heterocycles. The highest BCUT2D eigenvalue weighted by atomic mass is 35.5. The third-order valence-corrected chi connectivity index (χ3v) is 5.41. The molecular weight excluding hydrogens is 398 g/mol. The maximum Gasteiger partial charge on any atom is 0.223 e. The van der Waals surface area contributed by atoms with Crippen molar-refractivity contribution in [2.45, 2.75) is 58.0 Å². The first-order valence-corrected chi connectivity index (χ1v) is 10.8. The van der Waals surface area contributed by atoms with Crippen LogP contribution in [-0.4, -0.2) is 41.5 Å². The van der Waals surface area contributed by atoms with Gasteiger partial charge in [-0.05, 0) is 81.9 Å². The molecule has 1 N–H and O–H groups in total. The molecular formula is C24H34ClN3O2. The zero-order valence-corrected chi connectivity index (χ0v) is 18.7. The van der Waals surface area contributed by atoms with Gasteiger partial charge in [-0.15, -0.1) is 12.4 Å². The Bertz CT molecular complexity index is 749. The minimum Gasteiger partial charge on any atom is -0.494 e. The lowest BCUT2D eigenvalue weighted by atomic mass is 10.1. The van der Waals surface area contributed by atoms with Crippen LogP contribution in [0, 0.1) is 6.92 Å². The number of aromatic nitrogens is 1. The standard InChI is InChI=1S/C24H33N3O2.ClH/c1-20-8-6-11-23(18-20)29-17-5-3-12-24(28)27(19-21-9-2-4-15-26-21)22-10-7-14-25-16-13-22;/h2,4,6,8-9,11,15,18,22,25H,3,5,7,10,12-14,16-17,19H2,1H3;1H. The normalized spacial score (nSPS) is 16.2. The number of rotatable bonds is 9. The van der Waals surface area contributed by atoms with Gasteiger partial charge in [0, 0.05) is 18.7 Å². The molecule has 1 aromatic carbocycles. The first-order chi connectivity index (χ1) is 14.2. The number of amides is 1. The average molecular weight is 432 g/mol. The molecule has 0 aliphatic carbocycles. The smallest absolute Gasteiger partial charge is 0.223 e. The van der Waals surface area contributed by atoms with Gasteiger partial charge in [0.1, 0.15) is 5.75 Å². The number of halogens is 1. The van der Waals surface area contributed by atoms with Crippen LogP contribution >= 0.6 is 12.4 Å². The maximum absolute atomic E-state index is 13.1. The Hall–Kier alpha value is -2.11. The van der Waals surface area contributed by atoms with Crippen molar-refractivity contribution in [1.29, 1.82) is 0 Å². The summed E-state index contributed by atoms with van der Waals surface area (Å²) < 4.78 is 5.81. The Morgan fingerprint density at radius 2 is 2.07 bits per heavy atom. The number of carbonyl (C=O) groups is 1. The zero-order valence-electron chi connectivity index (χ0n) is 17.9. The van der Waals surface area contributed by atoms with Crippen molar-refractivity contribution in [3.05, 3.63) is 59.9 Å². The molecule has 1 aliphatic rings. The molecule has 1 saturated heterocycles. The number of hydrogen-bond donors (Lipinski definition) is 1. The van der Waals surface area contributed by atoms with Gasteiger partial charge in [0.15, 0.2) is 0 Å². The van der Waals surface area contributed by atoms with Gasteiger partial charge in [-0.25, -0.2) is 0 Å². The molecule has 0 radical (unpaired) electrons. The Kier molecular flexibility index (Phi) is 10.7. The second-order valence-corrected chi connectivity index (χ2v) is 7.80. The summed E-state index contributed by atoms with van der Waals surface area (Å²) >= 11 is 0. The molecule has 2 heterocycles. The van der Waals surface area contributed by atoms with Crippen molar-refractivity contribution in [2.24, 2.45) is 0 Å². The van der Waals surface area contributed by atoms with Crippen LogP contribution in [0.25, 0.3) is 0 Å². The van der Waals surface area contributed by atoms with Crippen LogP contribution in [0.2, 0.25) is 0 Å². The maximum atomic E-state index is 13.1. The molecule has 30 heavy (non-hydrogen) atoms. The van der Waals surface area contributed by atoms with E-state index in [9.17, 15) is 4.79 Å². The summed E-state index contributed by atoms with van der Waals surface area (Å²) in [4.78, 5) is 19.6. The largest absolute Gasteiger partial charge is 0.494 e. The summed E-state index contributed by atoms with van der Waals surface area (Å²) in [6.45, 7) is 5.32. The minimum absolute atomic E-state index is 0. The average Bonchev–Trinajstić information content (AvgIpc) is 3.02. The Morgan fingerprint density at radius 3 is 2.87 bits per heavy atom. The van der Waals surface area contributed by atoms with Crippen LogP contribution < -0.4 is 10.1 Å². The van der Waals surface area contributed by atoms with Gasteiger partial charge in [-0.1, -0.05) is 18.2 Å². The third-order valence-electron chi connectivity index (χ3n) is 5.41. The number of pyridine rings is 1. The summed E-state index contributed by atoms with van der Waals surface area (Å²) in [6, 6.07) is 14.3. The lowest BCUT2D eigenvalue weighted by Crippen LogP contribution is -2.40. The van der Waals surface area contributed by atoms with E-state index in [0.717, 1.165) is 56.6 Å². The minimum atomic E-state index is 0. The van der Waals surface area contributed by atoms with Gasteiger partial charge in [-0.3, -0.25) is 9.78 Å². The summed E-state index contributed by atoms with van der Waals surface area (Å²) in [5, 5.41) is 3.44. The van der Waals surface area contributed by atoms with E-state index in [1.54, 1.807) is 6.20 Å². The molecule has 1 atom stereocenters. The van der Waals surface area contributed by atoms with E-state index in [1.165, 1.54) is 5.56 Å². The Morgan fingerprint density at radius 1 is 1.17 bits per heavy atom. The molecule has 1 amide bonds. The summed E-state index contributed by atoms with van der Waals surface area (Å²) in [5.74, 6) is 1.14. The third kappa shape index (κ3) is 7.96. The molecule has 164 valence electrons. The van der Waals surface area contributed by atoms with E-state index in [-0.39, 0.29) is 18.3 Å². The summed E-state index contributed by atoms with van der Waals surface area (Å²) in [6.07, 6.45) is 7.26. The predicted molar refractivity (Wildman–Crippen MR) is 123 cm³/mol. The first-order valence-electron chi connectivity index (χ1n) is 10.8. The Balaban J connectivity index is 0.00000320. The molecule has 1 unspecified atom stereocenters. The summed E-state index contributed by atoms with van der Waals surface area (Å²) in [7, 11) is 0. The number of nitrogens with one attached hydrogen (secondary N) is 1. The van der Waals surface area contributed by atoms with E-state index in [2.05, 4.69) is 28.2 Å². The van der Waals surface area contributed by atoms with Crippen molar-refractivity contribution in [1.82, 2.24) is 15.2 Å². The fourth-order valence-corrected chi connectivity index (χ4v) is 3.82. The van der Waals surface area contributed by atoms with Crippen LogP contribution in [0.4, 0.5) is 0 Å². The number of benzene rings is 1. The number of hydrogen-bond acceptors (Lipinski definition) is 4. The van der Waals surface area contributed by atoms with E-state index in [1.807, 2.05) is 36.4 Å². The molecule has 3 rings (SSSR count). The van der Waals surface area contributed by atoms with Gasteiger partial charge >= 0.3 is 0 Å². The fraction of sp³-hybridized carbons (Fsp3) is 0.500. The predicted octanol–water partition coefficient (Wildman–Crippen LogP) is 4.53. The molecule has 0 bridgehead atoms. The van der Waals surface area contributed by atoms with Crippen molar-refractivity contribution < 1.29 is 9.53 Å². The number of unbranched alkanes of at least 4 members (excludes halogenated alkanes) is 1. The first kappa shape index (κ1) is 24.2. The van der Waals surface area contributed by atoms with E-state index in [4.69, 9.17) is 4.74 Å². The highest BCUT2D eigenvalue weighted by Crippen LogP contribution is 2.19. The van der Waals surface area contributed by atoms with Gasteiger partial charge < -0.3 is 15.0 Å². The molecule has 1 aliphatic heterocycles. The molecule has 2 aromatic rings. The number of aryl methyl sites for hydroxylation is 1. The fourth-order valence-electron chi connectivity index (χ4n) is 3.82. The zero-order chi connectivity index (χ0) is 20.3. The number of carbonyl (C=O) groups excluding carboxylic acids is 1. The van der Waals surface area contributed by atoms with E-state index < -0.39 is 0 Å². The highest BCUT2D eigenvalue weighted by molar-refractivity contribution is 5.85. The molecule has 6 heteroatoms. The molecule has 5 nitrogen and oxygen atoms in total. The monoisotopic (exact) mass is 431 g/mol. The SMILES string of the molecule is Cc1cccc(OCCCCC(=O)N(Cc2ccccn2)C2CCCNCC2)c1.Cl. The Labute approximate surface area is 186 Å². The second kappa shape index (κ2) is 13.2. The summed E-state index contributed by atoms with van der Waals surface area (Å²) in [5.41, 5.74) is 2.15. The van der Waals surface area contributed by atoms with Gasteiger partial charge in [0.2, 0.25) is 5.91 Å². The van der Waals surface area contributed by atoms with Crippen LogP contribution in [0.3, 0.4) is 0 Å². The van der Waals surface area contributed by atoms with Crippen LogP contribution in [0.1, 0.15) is 49.8 Å². The lowest BCUT2D eigenvalue weighted by molar-refractivity contribution is -0.134. The molecule has 1 fully saturated rings. The number of ether oxygens (including phenoxy) is 1. The van der Waals surface area contributed by atoms with Gasteiger partial charge in [-0.2, -0.15) is 0 Å². The van der Waals surface area contributed by atoms with Gasteiger partial charge in [0.05, 0.1) is 18.8 Å². The van der Waals surface area contributed by atoms with E-state index in [0.29, 0.717) is 25.6 Å². The topological polar surface area (TPSA) is 54.5 Å². The second-order valence-electron chi connectivity index (χ2n) is 7.80. The van der Waals surface area contributed by atoms with Crippen molar-refractivity contribution in [3.63, 3.8) is 0 Å². The molecule has 0 spiro atoms. The number of nitrogens with zero attached hydrogens (tertiary/aromatic N) is 2. The highest BCUT2D eigenvalue weighted by Gasteiger charge is 2.24.